The Hall–Kier alpha value is -0.570. The van der Waals surface area contributed by atoms with Gasteiger partial charge >= 0.3 is 0 Å². The number of nitrogens with two attached hydrogens (primary N) is 1. The highest BCUT2D eigenvalue weighted by Crippen LogP contribution is 2.22. The Morgan fingerprint density at radius 1 is 1.38 bits per heavy atom. The maximum absolute atomic E-state index is 5.83. The number of aliphatic imine (C=N–C) groups is 1. The molecule has 0 aliphatic carbocycles. The first kappa shape index (κ1) is 12.4. The summed E-state index contributed by atoms with van der Waals surface area (Å²) < 4.78 is 5.56. The molecule has 0 aromatic rings. The normalized spacial score (nSPS) is 15.9. The number of hydrogen-bond donors (Lipinski definition) is 1. The summed E-state index contributed by atoms with van der Waals surface area (Å²) in [5, 5.41) is 0. The van der Waals surface area contributed by atoms with Crippen LogP contribution in [0.1, 0.15) is 34.6 Å². The zero-order valence-corrected chi connectivity index (χ0v) is 9.42. The smallest absolute Gasteiger partial charge is 0.124 e. The summed E-state index contributed by atoms with van der Waals surface area (Å²) >= 11 is 0. The molecular formula is C10H22N2O. The second kappa shape index (κ2) is 5.22. The number of ether oxygens (including phenoxy) is 1. The van der Waals surface area contributed by atoms with E-state index in [4.69, 9.17) is 10.5 Å². The highest BCUT2D eigenvalue weighted by molar-refractivity contribution is 5.85. The van der Waals surface area contributed by atoms with Gasteiger partial charge in [-0.05, 0) is 19.3 Å². The molecule has 0 fully saturated rings. The predicted molar refractivity (Wildman–Crippen MR) is 57.0 cm³/mol. The molecule has 0 spiro atoms. The molecule has 0 saturated heterocycles. The Morgan fingerprint density at radius 3 is 2.23 bits per heavy atom. The lowest BCUT2D eigenvalue weighted by atomic mass is 9.88. The van der Waals surface area contributed by atoms with Gasteiger partial charge in [-0.25, -0.2) is 0 Å². The van der Waals surface area contributed by atoms with Crippen LogP contribution in [0.3, 0.4) is 0 Å². The van der Waals surface area contributed by atoms with Crippen LogP contribution in [0.25, 0.3) is 0 Å². The van der Waals surface area contributed by atoms with Crippen molar-refractivity contribution in [3.8, 4) is 0 Å². The third-order valence-corrected chi connectivity index (χ3v) is 1.73. The van der Waals surface area contributed by atoms with Gasteiger partial charge in [-0.1, -0.05) is 20.8 Å². The molecule has 0 aromatic carbocycles. The molecule has 0 heterocycles. The van der Waals surface area contributed by atoms with Gasteiger partial charge in [-0.3, -0.25) is 4.99 Å². The molecule has 0 radical (unpaired) electrons. The SMILES string of the molecule is CCN=C(N)C(OCC)C(C)(C)C. The van der Waals surface area contributed by atoms with Crippen LogP contribution in [0.5, 0.6) is 0 Å². The fourth-order valence-corrected chi connectivity index (χ4v) is 1.21. The van der Waals surface area contributed by atoms with Crippen molar-refractivity contribution in [1.82, 2.24) is 0 Å². The third-order valence-electron chi connectivity index (χ3n) is 1.73. The Balaban J connectivity index is 4.51. The van der Waals surface area contributed by atoms with E-state index in [0.717, 1.165) is 0 Å². The Morgan fingerprint density at radius 2 is 1.92 bits per heavy atom. The molecule has 0 amide bonds. The molecule has 0 rings (SSSR count). The standard InChI is InChI=1S/C10H22N2O/c1-6-12-9(11)8(13-7-2)10(3,4)5/h8H,6-7H2,1-5H3,(H2,11,12). The summed E-state index contributed by atoms with van der Waals surface area (Å²) in [6, 6.07) is 0. The maximum atomic E-state index is 5.83. The average molecular weight is 186 g/mol. The topological polar surface area (TPSA) is 47.6 Å². The van der Waals surface area contributed by atoms with E-state index in [9.17, 15) is 0 Å². The number of hydrogen-bond acceptors (Lipinski definition) is 2. The van der Waals surface area contributed by atoms with Gasteiger partial charge in [0.1, 0.15) is 11.9 Å². The summed E-state index contributed by atoms with van der Waals surface area (Å²) in [5.41, 5.74) is 5.84. The molecule has 0 bridgehead atoms. The molecule has 0 aliphatic rings. The first-order chi connectivity index (χ1) is 5.93. The first-order valence-electron chi connectivity index (χ1n) is 4.84. The van der Waals surface area contributed by atoms with Crippen LogP contribution in [-0.2, 0) is 4.74 Å². The molecule has 78 valence electrons. The number of nitrogens with zero attached hydrogens (tertiary/aromatic N) is 1. The lowest BCUT2D eigenvalue weighted by molar-refractivity contribution is 0.0353. The summed E-state index contributed by atoms with van der Waals surface area (Å²) in [6.45, 7) is 11.6. The highest BCUT2D eigenvalue weighted by Gasteiger charge is 2.28. The van der Waals surface area contributed by atoms with Crippen molar-refractivity contribution in [3.63, 3.8) is 0 Å². The lowest BCUT2D eigenvalue weighted by Crippen LogP contribution is -2.41. The molecule has 2 N–H and O–H groups in total. The molecule has 0 saturated carbocycles. The van der Waals surface area contributed by atoms with Crippen LogP contribution in [0, 0.1) is 5.41 Å². The molecule has 0 aliphatic heterocycles. The summed E-state index contributed by atoms with van der Waals surface area (Å²) in [5.74, 6) is 0.608. The van der Waals surface area contributed by atoms with E-state index in [0.29, 0.717) is 19.0 Å². The second-order valence-electron chi connectivity index (χ2n) is 4.10. The minimum absolute atomic E-state index is 0.0127. The van der Waals surface area contributed by atoms with Crippen molar-refractivity contribution < 1.29 is 4.74 Å². The van der Waals surface area contributed by atoms with Gasteiger partial charge in [0.15, 0.2) is 0 Å². The fourth-order valence-electron chi connectivity index (χ4n) is 1.21. The van der Waals surface area contributed by atoms with Gasteiger partial charge in [-0.2, -0.15) is 0 Å². The Labute approximate surface area is 81.4 Å². The van der Waals surface area contributed by atoms with E-state index in [1.54, 1.807) is 0 Å². The van der Waals surface area contributed by atoms with Gasteiger partial charge in [-0.15, -0.1) is 0 Å². The second-order valence-corrected chi connectivity index (χ2v) is 4.10. The summed E-state index contributed by atoms with van der Waals surface area (Å²) in [7, 11) is 0. The minimum atomic E-state index is -0.0718. The predicted octanol–water partition coefficient (Wildman–Crippen LogP) is 1.81. The first-order valence-corrected chi connectivity index (χ1v) is 4.84. The van der Waals surface area contributed by atoms with Crippen LogP contribution in [-0.4, -0.2) is 25.1 Å². The van der Waals surface area contributed by atoms with Gasteiger partial charge in [0.2, 0.25) is 0 Å². The zero-order valence-electron chi connectivity index (χ0n) is 9.42. The average Bonchev–Trinajstić information content (AvgIpc) is 1.98. The van der Waals surface area contributed by atoms with Crippen LogP contribution < -0.4 is 5.73 Å². The van der Waals surface area contributed by atoms with Gasteiger partial charge in [0.05, 0.1) is 0 Å². The molecule has 13 heavy (non-hydrogen) atoms. The van der Waals surface area contributed by atoms with E-state index in [1.165, 1.54) is 0 Å². The van der Waals surface area contributed by atoms with Crippen molar-refractivity contribution in [2.75, 3.05) is 13.2 Å². The fraction of sp³-hybridized carbons (Fsp3) is 0.900. The molecule has 3 heteroatoms. The minimum Gasteiger partial charge on any atom is -0.385 e. The van der Waals surface area contributed by atoms with E-state index in [2.05, 4.69) is 25.8 Å². The van der Waals surface area contributed by atoms with Crippen molar-refractivity contribution in [3.05, 3.63) is 0 Å². The van der Waals surface area contributed by atoms with E-state index in [1.807, 2.05) is 13.8 Å². The van der Waals surface area contributed by atoms with Gasteiger partial charge in [0, 0.05) is 13.2 Å². The highest BCUT2D eigenvalue weighted by atomic mass is 16.5. The summed E-state index contributed by atoms with van der Waals surface area (Å²) in [6.07, 6.45) is -0.0718. The van der Waals surface area contributed by atoms with Crippen LogP contribution >= 0.6 is 0 Å². The zero-order chi connectivity index (χ0) is 10.5. The van der Waals surface area contributed by atoms with Crippen LogP contribution in [0.2, 0.25) is 0 Å². The molecule has 0 aromatic heterocycles. The van der Waals surface area contributed by atoms with Crippen molar-refractivity contribution >= 4 is 5.84 Å². The molecule has 3 nitrogen and oxygen atoms in total. The van der Waals surface area contributed by atoms with E-state index in [-0.39, 0.29) is 11.5 Å². The van der Waals surface area contributed by atoms with Crippen LogP contribution in [0.15, 0.2) is 4.99 Å². The molecule has 1 unspecified atom stereocenters. The van der Waals surface area contributed by atoms with Crippen molar-refractivity contribution in [2.24, 2.45) is 16.1 Å². The van der Waals surface area contributed by atoms with Gasteiger partial charge in [0.25, 0.3) is 0 Å². The maximum Gasteiger partial charge on any atom is 0.124 e. The third kappa shape index (κ3) is 4.27. The van der Waals surface area contributed by atoms with Crippen molar-refractivity contribution in [1.29, 1.82) is 0 Å². The van der Waals surface area contributed by atoms with Gasteiger partial charge < -0.3 is 10.5 Å². The molecule has 1 atom stereocenters. The lowest BCUT2D eigenvalue weighted by Gasteiger charge is -2.29. The van der Waals surface area contributed by atoms with Crippen LogP contribution in [0.4, 0.5) is 0 Å². The quantitative estimate of drug-likeness (QED) is 0.537. The van der Waals surface area contributed by atoms with E-state index < -0.39 is 0 Å². The Bertz CT molecular complexity index is 170. The Kier molecular flexibility index (Phi) is 4.99. The van der Waals surface area contributed by atoms with E-state index >= 15 is 0 Å². The van der Waals surface area contributed by atoms with Crippen molar-refractivity contribution in [2.45, 2.75) is 40.7 Å². The monoisotopic (exact) mass is 186 g/mol. The summed E-state index contributed by atoms with van der Waals surface area (Å²) in [4.78, 5) is 4.18. The molecular weight excluding hydrogens is 164 g/mol. The number of amidine groups is 1. The number of rotatable bonds is 4. The largest absolute Gasteiger partial charge is 0.385 e.